The van der Waals surface area contributed by atoms with E-state index in [1.54, 1.807) is 15.8 Å². The first kappa shape index (κ1) is 20.8. The van der Waals surface area contributed by atoms with E-state index in [-0.39, 0.29) is 29.9 Å². The van der Waals surface area contributed by atoms with E-state index in [1.165, 1.54) is 0 Å². The topological polar surface area (TPSA) is 80.1 Å². The fourth-order valence-electron chi connectivity index (χ4n) is 4.00. The zero-order valence-electron chi connectivity index (χ0n) is 17.8. The van der Waals surface area contributed by atoms with Crippen molar-refractivity contribution in [2.75, 3.05) is 6.54 Å². The van der Waals surface area contributed by atoms with Crippen molar-refractivity contribution in [2.24, 2.45) is 0 Å². The molecule has 0 bridgehead atoms. The van der Waals surface area contributed by atoms with Crippen LogP contribution in [0, 0.1) is 0 Å². The lowest BCUT2D eigenvalue weighted by atomic mass is 9.99. The minimum atomic E-state index is -0.182. The van der Waals surface area contributed by atoms with Crippen molar-refractivity contribution in [3.05, 3.63) is 83.7 Å². The highest BCUT2D eigenvalue weighted by atomic mass is 16.2. The molecule has 1 atom stereocenters. The first-order valence-corrected chi connectivity index (χ1v) is 10.6. The summed E-state index contributed by atoms with van der Waals surface area (Å²) >= 11 is 0. The number of amides is 2. The van der Waals surface area contributed by atoms with E-state index >= 15 is 0 Å². The Hall–Kier alpha value is -3.48. The van der Waals surface area contributed by atoms with Gasteiger partial charge < -0.3 is 10.2 Å². The van der Waals surface area contributed by atoms with Gasteiger partial charge in [-0.05, 0) is 31.4 Å². The molecule has 1 unspecified atom stereocenters. The Bertz CT molecular complexity index is 993. The van der Waals surface area contributed by atoms with Crippen molar-refractivity contribution >= 4 is 11.8 Å². The Morgan fingerprint density at radius 1 is 1.10 bits per heavy atom. The third-order valence-corrected chi connectivity index (χ3v) is 5.61. The second kappa shape index (κ2) is 9.12. The van der Waals surface area contributed by atoms with Crippen molar-refractivity contribution in [1.82, 2.24) is 25.2 Å². The van der Waals surface area contributed by atoms with Crippen molar-refractivity contribution in [3.63, 3.8) is 0 Å². The molecule has 1 aliphatic rings. The summed E-state index contributed by atoms with van der Waals surface area (Å²) in [6, 6.07) is 19.9. The monoisotopic (exact) mass is 417 g/mol. The number of hydrogen-bond donors (Lipinski definition) is 1. The predicted octanol–water partition coefficient (Wildman–Crippen LogP) is 3.05. The van der Waals surface area contributed by atoms with E-state index in [1.807, 2.05) is 74.5 Å². The molecule has 1 aromatic heterocycles. The highest BCUT2D eigenvalue weighted by Gasteiger charge is 2.29. The number of benzene rings is 2. The van der Waals surface area contributed by atoms with Crippen LogP contribution in [0.4, 0.5) is 0 Å². The van der Waals surface area contributed by atoms with Gasteiger partial charge in [0.2, 0.25) is 5.91 Å². The zero-order valence-corrected chi connectivity index (χ0v) is 17.8. The molecular formula is C24H27N5O2. The summed E-state index contributed by atoms with van der Waals surface area (Å²) in [4.78, 5) is 26.6. The normalized spacial score (nSPS) is 16.0. The fourth-order valence-corrected chi connectivity index (χ4v) is 4.00. The van der Waals surface area contributed by atoms with Gasteiger partial charge in [0.1, 0.15) is 6.04 Å². The zero-order chi connectivity index (χ0) is 21.8. The van der Waals surface area contributed by atoms with Gasteiger partial charge in [-0.25, -0.2) is 4.68 Å². The second-order valence-electron chi connectivity index (χ2n) is 8.16. The van der Waals surface area contributed by atoms with Gasteiger partial charge in [0.05, 0.1) is 6.20 Å². The number of hydrogen-bond acceptors (Lipinski definition) is 4. The van der Waals surface area contributed by atoms with Crippen LogP contribution in [0.1, 0.15) is 54.3 Å². The van der Waals surface area contributed by atoms with Crippen molar-refractivity contribution in [2.45, 2.75) is 44.8 Å². The Morgan fingerprint density at radius 3 is 2.23 bits per heavy atom. The molecule has 1 saturated heterocycles. The molecule has 2 heterocycles. The van der Waals surface area contributed by atoms with Crippen LogP contribution in [0.25, 0.3) is 0 Å². The lowest BCUT2D eigenvalue weighted by Crippen LogP contribution is -2.45. The van der Waals surface area contributed by atoms with Crippen LogP contribution in [0.2, 0.25) is 0 Å². The largest absolute Gasteiger partial charge is 0.352 e. The Kier molecular flexibility index (Phi) is 6.11. The molecule has 31 heavy (non-hydrogen) atoms. The maximum Gasteiger partial charge on any atom is 0.276 e. The van der Waals surface area contributed by atoms with E-state index in [0.29, 0.717) is 18.7 Å². The highest BCUT2D eigenvalue weighted by Crippen LogP contribution is 2.26. The fraction of sp³-hybridized carbons (Fsp3) is 0.333. The average molecular weight is 418 g/mol. The van der Waals surface area contributed by atoms with Gasteiger partial charge in [0.25, 0.3) is 5.91 Å². The number of carbonyl (C=O) groups is 2. The molecule has 0 spiro atoms. The van der Waals surface area contributed by atoms with E-state index in [0.717, 1.165) is 17.5 Å². The Balaban J connectivity index is 1.61. The van der Waals surface area contributed by atoms with Gasteiger partial charge in [-0.3, -0.25) is 9.59 Å². The van der Waals surface area contributed by atoms with E-state index in [4.69, 9.17) is 0 Å². The van der Waals surface area contributed by atoms with E-state index < -0.39 is 0 Å². The Morgan fingerprint density at radius 2 is 1.71 bits per heavy atom. The molecule has 0 saturated carbocycles. The summed E-state index contributed by atoms with van der Waals surface area (Å²) in [5.41, 5.74) is 2.42. The molecule has 1 fully saturated rings. The number of rotatable bonds is 7. The van der Waals surface area contributed by atoms with Gasteiger partial charge in [0, 0.05) is 25.0 Å². The second-order valence-corrected chi connectivity index (χ2v) is 8.16. The van der Waals surface area contributed by atoms with E-state index in [9.17, 15) is 9.59 Å². The van der Waals surface area contributed by atoms with Crippen LogP contribution in [0.3, 0.4) is 0 Å². The summed E-state index contributed by atoms with van der Waals surface area (Å²) in [5, 5.41) is 11.5. The third-order valence-electron chi connectivity index (χ3n) is 5.61. The van der Waals surface area contributed by atoms with Crippen molar-refractivity contribution in [3.8, 4) is 0 Å². The number of aromatic nitrogens is 3. The first-order valence-electron chi connectivity index (χ1n) is 10.6. The van der Waals surface area contributed by atoms with Crippen LogP contribution in [0.5, 0.6) is 0 Å². The first-order chi connectivity index (χ1) is 15.0. The maximum atomic E-state index is 13.3. The molecule has 0 aliphatic carbocycles. The minimum Gasteiger partial charge on any atom is -0.352 e. The lowest BCUT2D eigenvalue weighted by Gasteiger charge is -2.28. The average Bonchev–Trinajstić information content (AvgIpc) is 3.42. The molecular weight excluding hydrogens is 390 g/mol. The molecule has 7 nitrogen and oxygen atoms in total. The van der Waals surface area contributed by atoms with Crippen LogP contribution < -0.4 is 5.32 Å². The summed E-state index contributed by atoms with van der Waals surface area (Å²) in [6.07, 6.45) is 2.97. The third kappa shape index (κ3) is 4.66. The van der Waals surface area contributed by atoms with Gasteiger partial charge in [-0.2, -0.15) is 0 Å². The predicted molar refractivity (Wildman–Crippen MR) is 117 cm³/mol. The highest BCUT2D eigenvalue weighted by molar-refractivity contribution is 5.92. The molecule has 160 valence electrons. The summed E-state index contributed by atoms with van der Waals surface area (Å²) in [5.74, 6) is -0.136. The quantitative estimate of drug-likeness (QED) is 0.641. The summed E-state index contributed by atoms with van der Waals surface area (Å²) in [7, 11) is 0. The van der Waals surface area contributed by atoms with Gasteiger partial charge >= 0.3 is 0 Å². The van der Waals surface area contributed by atoms with Crippen LogP contribution in [0.15, 0.2) is 66.9 Å². The minimum absolute atomic E-state index is 0.0183. The SMILES string of the molecule is CC(C)N(CC1CCC(=O)N1)C(=O)c1cn(C(c2ccccc2)c2ccccc2)nn1. The smallest absolute Gasteiger partial charge is 0.276 e. The van der Waals surface area contributed by atoms with Gasteiger partial charge in [0.15, 0.2) is 5.69 Å². The van der Waals surface area contributed by atoms with Crippen LogP contribution in [-0.2, 0) is 4.79 Å². The van der Waals surface area contributed by atoms with Gasteiger partial charge in [-0.15, -0.1) is 5.10 Å². The standard InChI is InChI=1S/C24H27N5O2/c1-17(2)28(15-20-13-14-22(30)25-20)24(31)21-16-29(27-26-21)23(18-9-5-3-6-10-18)19-11-7-4-8-12-19/h3-12,16-17,20,23H,13-15H2,1-2H3,(H,25,30). The molecule has 1 N–H and O–H groups in total. The molecule has 2 aromatic carbocycles. The number of nitrogens with zero attached hydrogens (tertiary/aromatic N) is 4. The van der Waals surface area contributed by atoms with Crippen LogP contribution in [-0.4, -0.2) is 50.3 Å². The maximum absolute atomic E-state index is 13.3. The van der Waals surface area contributed by atoms with Crippen molar-refractivity contribution in [1.29, 1.82) is 0 Å². The molecule has 2 amide bonds. The Labute approximate surface area is 182 Å². The lowest BCUT2D eigenvalue weighted by molar-refractivity contribution is -0.119. The molecule has 7 heteroatoms. The van der Waals surface area contributed by atoms with Crippen LogP contribution >= 0.6 is 0 Å². The number of carbonyl (C=O) groups excluding carboxylic acids is 2. The molecule has 3 aromatic rings. The molecule has 1 aliphatic heterocycles. The summed E-state index contributed by atoms with van der Waals surface area (Å²) in [6.45, 7) is 4.40. The molecule has 4 rings (SSSR count). The van der Waals surface area contributed by atoms with Gasteiger partial charge in [-0.1, -0.05) is 65.9 Å². The number of nitrogens with one attached hydrogen (secondary N) is 1. The summed E-state index contributed by atoms with van der Waals surface area (Å²) < 4.78 is 1.74. The molecule has 0 radical (unpaired) electrons. The van der Waals surface area contributed by atoms with E-state index in [2.05, 4.69) is 15.6 Å². The van der Waals surface area contributed by atoms with Crippen molar-refractivity contribution < 1.29 is 9.59 Å².